The van der Waals surface area contributed by atoms with Crippen molar-refractivity contribution in [2.24, 2.45) is 23.1 Å². The van der Waals surface area contributed by atoms with Gasteiger partial charge >= 0.3 is 5.97 Å². The Morgan fingerprint density at radius 2 is 0.944 bits per heavy atom. The molecule has 792 valence electrons. The number of para-hydroxylation sites is 1. The smallest absolute Gasteiger partial charge is 0.303 e. The number of phenols is 1. The number of nitrogens with zero attached hydrogens (tertiary/aromatic N) is 2. The molecule has 0 spiro atoms. The minimum atomic E-state index is -1.84. The molecule has 1 aliphatic heterocycles. The molecule has 43 heteroatoms. The molecule has 2 aromatic heterocycles. The fourth-order valence-electron chi connectivity index (χ4n) is 16.4. The van der Waals surface area contributed by atoms with Crippen molar-refractivity contribution in [3.63, 3.8) is 0 Å². The standard InChI is InChI=1S/C100H156N22O21/c1-5-7-9-10-11-12-13-14-15-16-17-18-22-39-84(126)112-81(62-123)95(137)117-78(56-67-40-42-70(125)43-41-67)93(135)120-82(63-124)96(138)114-73(34-8-6-2)89(131)115-75(44-45-86(128)129)91(133)119-80(58-69-60-105-64-110-69)94(136)116-77(55-66-31-20-19-21-32-66)92(134)113-74(37-27-48-107-100(103)104)90(132)118-79(57-68-59-108-72-35-24-23-33-71(68)72)88(130)109-61-85(127)111-76(36-25-26-46-101)99(141)122-50-28-38-83(122)97(139)121-87(65(3)4)98(140)106-49-30-52-143-54-53-142-51-29-47-102/h19-21,23-24,31-33,35,40-43,59-60,64-65,73-83,87,108,123-125H,5-18,22,25-30,34,36-39,44-58,61-63,101-102H2,1-4H3,(H,105,110)(H,106,140)(H,109,130)(H,111,127)(H,112,126)(H,113,134)(H,114,138)(H,115,131)(H,116,136)(H,117,137)(H,118,132)(H,119,133)(H,120,135)(H,121,139)(H,128,129)(H4,103,104,107)/t73-,74-,75-,76-,77+,78-,79-,80-,81-,82-,83+,87-/m0/s1. The number of unbranched alkanes of at least 4 members (excludes halogenated alkanes) is 14. The number of H-pyrrole nitrogens is 2. The number of aromatic hydroxyl groups is 1. The van der Waals surface area contributed by atoms with Crippen molar-refractivity contribution in [1.82, 2.24) is 94.3 Å². The van der Waals surface area contributed by atoms with Crippen molar-refractivity contribution in [3.8, 4) is 5.75 Å². The third-order valence-corrected chi connectivity index (χ3v) is 24.5. The van der Waals surface area contributed by atoms with E-state index in [4.69, 9.17) is 32.1 Å². The molecule has 1 fully saturated rings. The van der Waals surface area contributed by atoms with Crippen molar-refractivity contribution in [2.75, 3.05) is 78.9 Å². The fourth-order valence-corrected chi connectivity index (χ4v) is 16.4. The van der Waals surface area contributed by atoms with Gasteiger partial charge in [0.1, 0.15) is 78.3 Å². The van der Waals surface area contributed by atoms with Gasteiger partial charge in [-0.3, -0.25) is 77.3 Å². The van der Waals surface area contributed by atoms with E-state index in [1.165, 1.54) is 86.6 Å². The number of hydrogen-bond donors (Lipinski definition) is 24. The maximum absolute atomic E-state index is 15.3. The summed E-state index contributed by atoms with van der Waals surface area (Å²) >= 11 is 0. The molecule has 0 radical (unpaired) electrons. The molecule has 43 nitrogen and oxygen atoms in total. The number of phenolic OH excluding ortho intramolecular Hbond substituents is 1. The highest BCUT2D eigenvalue weighted by molar-refractivity contribution is 6.01. The summed E-state index contributed by atoms with van der Waals surface area (Å²) in [5.74, 6) is -14.4. The fraction of sp³-hybridized carbons (Fsp3) is 0.610. The molecule has 1 aliphatic rings. The summed E-state index contributed by atoms with van der Waals surface area (Å²) in [5, 5.41) is 86.9. The Morgan fingerprint density at radius 1 is 0.462 bits per heavy atom. The quantitative estimate of drug-likeness (QED) is 0.0150. The summed E-state index contributed by atoms with van der Waals surface area (Å²) < 4.78 is 11.1. The third-order valence-electron chi connectivity index (χ3n) is 24.5. The lowest BCUT2D eigenvalue weighted by Crippen LogP contribution is -2.61. The van der Waals surface area contributed by atoms with Crippen LogP contribution in [0, 0.1) is 11.3 Å². The molecule has 3 heterocycles. The van der Waals surface area contributed by atoms with Crippen molar-refractivity contribution in [1.29, 1.82) is 5.41 Å². The molecule has 12 atom stereocenters. The molecule has 6 rings (SSSR count). The number of aliphatic hydroxyl groups is 2. The predicted octanol–water partition coefficient (Wildman–Crippen LogP) is 1.76. The number of carbonyl (C=O) groups excluding carboxylic acids is 14. The monoisotopic (exact) mass is 2000 g/mol. The van der Waals surface area contributed by atoms with Gasteiger partial charge in [-0.15, -0.1) is 0 Å². The Hall–Kier alpha value is -12.7. The van der Waals surface area contributed by atoms with Crippen LogP contribution in [-0.4, -0.2) is 286 Å². The summed E-state index contributed by atoms with van der Waals surface area (Å²) in [7, 11) is 0. The molecule has 27 N–H and O–H groups in total. The molecular weight excluding hydrogens is 1850 g/mol. The molecule has 0 unspecified atom stereocenters. The number of aromatic nitrogens is 3. The molecule has 0 saturated carbocycles. The van der Waals surface area contributed by atoms with Crippen LogP contribution in [0.1, 0.15) is 230 Å². The van der Waals surface area contributed by atoms with Crippen molar-refractivity contribution < 1.29 is 102 Å². The van der Waals surface area contributed by atoms with Gasteiger partial charge in [-0.2, -0.15) is 0 Å². The average Bonchev–Trinajstić information content (AvgIpc) is 1.70. The first-order chi connectivity index (χ1) is 68.9. The highest BCUT2D eigenvalue weighted by Gasteiger charge is 2.42. The van der Waals surface area contributed by atoms with Gasteiger partial charge in [-0.1, -0.05) is 178 Å². The number of carbonyl (C=O) groups is 15. The molecule has 0 bridgehead atoms. The molecule has 14 amide bonds. The van der Waals surface area contributed by atoms with E-state index in [2.05, 4.69) is 96.3 Å². The third kappa shape index (κ3) is 45.2. The van der Waals surface area contributed by atoms with Crippen LogP contribution >= 0.6 is 0 Å². The van der Waals surface area contributed by atoms with Crippen LogP contribution in [0.15, 0.2) is 97.6 Å². The number of aliphatic hydroxyl groups excluding tert-OH is 2. The molecule has 143 heavy (non-hydrogen) atoms. The van der Waals surface area contributed by atoms with E-state index in [9.17, 15) is 78.0 Å². The largest absolute Gasteiger partial charge is 0.508 e. The van der Waals surface area contributed by atoms with Gasteiger partial charge in [0.05, 0.1) is 45.0 Å². The first-order valence-corrected chi connectivity index (χ1v) is 50.5. The summed E-state index contributed by atoms with van der Waals surface area (Å²) in [6.07, 6.45) is 19.2. The Kier molecular flexibility index (Phi) is 56.3. The van der Waals surface area contributed by atoms with Crippen LogP contribution in [-0.2, 0) is 107 Å². The van der Waals surface area contributed by atoms with E-state index in [1.807, 2.05) is 0 Å². The van der Waals surface area contributed by atoms with E-state index in [0.717, 1.165) is 38.5 Å². The van der Waals surface area contributed by atoms with Crippen molar-refractivity contribution in [2.45, 2.75) is 306 Å². The van der Waals surface area contributed by atoms with Crippen LogP contribution in [0.25, 0.3) is 10.9 Å². The van der Waals surface area contributed by atoms with Gasteiger partial charge in [0.2, 0.25) is 82.7 Å². The second-order valence-corrected chi connectivity index (χ2v) is 36.5. The van der Waals surface area contributed by atoms with Crippen LogP contribution < -0.4 is 91.6 Å². The van der Waals surface area contributed by atoms with Crippen molar-refractivity contribution in [3.05, 3.63) is 120 Å². The van der Waals surface area contributed by atoms with Crippen LogP contribution in [0.5, 0.6) is 5.75 Å². The number of hydrogen-bond acceptors (Lipinski definition) is 24. The van der Waals surface area contributed by atoms with Gasteiger partial charge in [0.15, 0.2) is 5.96 Å². The average molecular weight is 2000 g/mol. The van der Waals surface area contributed by atoms with E-state index in [-0.39, 0.29) is 108 Å². The molecule has 3 aromatic carbocycles. The first kappa shape index (κ1) is 119. The first-order valence-electron chi connectivity index (χ1n) is 50.5. The number of nitrogens with one attached hydrogen (secondary N) is 17. The van der Waals surface area contributed by atoms with Crippen molar-refractivity contribution >= 4 is 106 Å². The minimum absolute atomic E-state index is 0.00883. The number of nitrogens with two attached hydrogens (primary N) is 3. The molecule has 1 saturated heterocycles. The van der Waals surface area contributed by atoms with Crippen LogP contribution in [0.4, 0.5) is 0 Å². The second-order valence-electron chi connectivity index (χ2n) is 36.5. The molecule has 5 aromatic rings. The number of guanidine groups is 1. The summed E-state index contributed by atoms with van der Waals surface area (Å²) in [5.41, 5.74) is 19.3. The number of likely N-dealkylation sites (tertiary alicyclic amines) is 1. The van der Waals surface area contributed by atoms with E-state index >= 15 is 14.4 Å². The zero-order chi connectivity index (χ0) is 104. The number of aliphatic carboxylic acids is 1. The van der Waals surface area contributed by atoms with Gasteiger partial charge in [0, 0.05) is 94.7 Å². The number of imidazole rings is 1. The second kappa shape index (κ2) is 67.7. The number of aromatic amines is 2. The SMILES string of the molecule is CCCCCCCCCCCCCCCC(=O)N[C@@H](CO)C(=O)N[C@@H](Cc1ccc(O)cc1)C(=O)N[C@@H](CO)C(=O)N[C@@H](CCCC)C(=O)N[C@@H](CCC(=O)O)C(=O)N[C@@H](Cc1c[nH]cn1)C(=O)N[C@H](Cc1ccccc1)C(=O)N[C@@H](CCCNC(=N)N)C(=O)N[C@@H](Cc1c[nH]c2ccccc12)C(=O)NCC(=O)N[C@@H](CCCCN)C(=O)N1CCC[C@@H]1C(=O)N[C@H](C(=O)NCCCOCCOCCCN)C(C)C. The Labute approximate surface area is 836 Å². The highest BCUT2D eigenvalue weighted by atomic mass is 16.5. The maximum Gasteiger partial charge on any atom is 0.303 e. The Morgan fingerprint density at radius 3 is 1.50 bits per heavy atom. The number of benzene rings is 3. The molecule has 0 aliphatic carbocycles. The van der Waals surface area contributed by atoms with E-state index in [0.29, 0.717) is 99.1 Å². The predicted molar refractivity (Wildman–Crippen MR) is 536 cm³/mol. The number of rotatable bonds is 74. The lowest BCUT2D eigenvalue weighted by molar-refractivity contribution is -0.142. The number of fused-ring (bicyclic) bond motifs is 1. The Balaban J connectivity index is 1.19. The minimum Gasteiger partial charge on any atom is -0.508 e. The van der Waals surface area contributed by atoms with Gasteiger partial charge in [-0.05, 0) is 131 Å². The number of carboxylic acid groups (broad SMARTS) is 1. The highest BCUT2D eigenvalue weighted by Crippen LogP contribution is 2.24. The van der Waals surface area contributed by atoms with Gasteiger partial charge < -0.3 is 136 Å². The molecular formula is C100H156N22O21. The number of amides is 14. The maximum atomic E-state index is 15.3. The van der Waals surface area contributed by atoms with E-state index < -0.39 is 206 Å². The Bertz CT molecular complexity index is 4740. The number of ether oxygens (including phenoxy) is 2. The zero-order valence-electron chi connectivity index (χ0n) is 83.2. The normalized spacial score (nSPS) is 14.6. The lowest BCUT2D eigenvalue weighted by atomic mass is 10.0. The van der Waals surface area contributed by atoms with Crippen LogP contribution in [0.2, 0.25) is 0 Å². The lowest BCUT2D eigenvalue weighted by Gasteiger charge is -2.30. The zero-order valence-corrected chi connectivity index (χ0v) is 83.2. The number of carboxylic acids is 1. The van der Waals surface area contributed by atoms with Gasteiger partial charge in [-0.25, -0.2) is 4.98 Å². The summed E-state index contributed by atoms with van der Waals surface area (Å²) in [6.45, 7) is 7.68. The summed E-state index contributed by atoms with van der Waals surface area (Å²) in [6, 6.07) is 3.12. The summed E-state index contributed by atoms with van der Waals surface area (Å²) in [4.78, 5) is 227. The topological polar surface area (TPSA) is 673 Å². The van der Waals surface area contributed by atoms with E-state index in [1.54, 1.807) is 81.6 Å². The van der Waals surface area contributed by atoms with Gasteiger partial charge in [0.25, 0.3) is 0 Å². The van der Waals surface area contributed by atoms with Crippen LogP contribution in [0.3, 0.4) is 0 Å².